The molecule has 0 unspecified atom stereocenters. The highest BCUT2D eigenvalue weighted by Crippen LogP contribution is 2.26. The molecule has 6 nitrogen and oxygen atoms in total. The molecule has 3 aromatic rings. The number of imidazole rings is 1. The van der Waals surface area contributed by atoms with Crippen molar-refractivity contribution < 1.29 is 14.3 Å². The van der Waals surface area contributed by atoms with Crippen LogP contribution in [0, 0.1) is 6.92 Å². The van der Waals surface area contributed by atoms with Gasteiger partial charge in [-0.2, -0.15) is 0 Å². The Balaban J connectivity index is 1.62. The number of aliphatic hydroxyl groups excluding tert-OH is 1. The molecule has 1 aliphatic rings. The number of β-amino-alcohol motifs (C(OH)–C–C–N with tert-alkyl or cyclic N) is 1. The molecule has 0 bridgehead atoms. The Morgan fingerprint density at radius 1 is 1.12 bits per heavy atom. The van der Waals surface area contributed by atoms with Crippen LogP contribution in [0.2, 0.25) is 0 Å². The molecule has 0 aliphatic carbocycles. The fourth-order valence-corrected chi connectivity index (χ4v) is 3.35. The summed E-state index contributed by atoms with van der Waals surface area (Å²) in [7, 11) is 0. The Labute approximate surface area is 146 Å². The third-order valence-corrected chi connectivity index (χ3v) is 4.58. The van der Waals surface area contributed by atoms with Gasteiger partial charge in [0.25, 0.3) is 0 Å². The van der Waals surface area contributed by atoms with Gasteiger partial charge in [0.05, 0.1) is 36.9 Å². The second-order valence-electron chi connectivity index (χ2n) is 6.51. The normalized spacial score (nSPS) is 17.2. The van der Waals surface area contributed by atoms with Crippen LogP contribution in [0.5, 0.6) is 0 Å². The van der Waals surface area contributed by atoms with E-state index in [1.165, 1.54) is 0 Å². The quantitative estimate of drug-likeness (QED) is 0.771. The van der Waals surface area contributed by atoms with Crippen LogP contribution in [0.3, 0.4) is 0 Å². The zero-order valence-corrected chi connectivity index (χ0v) is 14.4. The molecule has 25 heavy (non-hydrogen) atoms. The van der Waals surface area contributed by atoms with E-state index in [1.54, 1.807) is 0 Å². The van der Waals surface area contributed by atoms with E-state index in [9.17, 15) is 5.11 Å². The first-order valence-electron chi connectivity index (χ1n) is 8.71. The van der Waals surface area contributed by atoms with Crippen molar-refractivity contribution in [3.05, 3.63) is 42.2 Å². The number of aliphatic hydroxyl groups is 1. The summed E-state index contributed by atoms with van der Waals surface area (Å²) in [5, 5.41) is 10.6. The molecule has 1 N–H and O–H groups in total. The van der Waals surface area contributed by atoms with Crippen molar-refractivity contribution in [1.82, 2.24) is 14.5 Å². The molecule has 0 amide bonds. The molecule has 1 aliphatic heterocycles. The van der Waals surface area contributed by atoms with Crippen molar-refractivity contribution in [2.45, 2.75) is 19.6 Å². The maximum atomic E-state index is 10.6. The van der Waals surface area contributed by atoms with Crippen LogP contribution >= 0.6 is 0 Å². The van der Waals surface area contributed by atoms with Crippen molar-refractivity contribution in [3.8, 4) is 11.6 Å². The van der Waals surface area contributed by atoms with E-state index in [-0.39, 0.29) is 0 Å². The lowest BCUT2D eigenvalue weighted by Crippen LogP contribution is -2.42. The van der Waals surface area contributed by atoms with E-state index in [2.05, 4.69) is 9.47 Å². The van der Waals surface area contributed by atoms with Gasteiger partial charge in [0.2, 0.25) is 0 Å². The van der Waals surface area contributed by atoms with Crippen molar-refractivity contribution in [2.24, 2.45) is 0 Å². The summed E-state index contributed by atoms with van der Waals surface area (Å²) < 4.78 is 13.2. The van der Waals surface area contributed by atoms with Crippen LogP contribution in [0.15, 0.2) is 40.8 Å². The average molecular weight is 341 g/mol. The summed E-state index contributed by atoms with van der Waals surface area (Å²) in [5.74, 6) is 2.34. The van der Waals surface area contributed by atoms with E-state index in [4.69, 9.17) is 14.1 Å². The number of rotatable bonds is 5. The fourth-order valence-electron chi connectivity index (χ4n) is 3.35. The Kier molecular flexibility index (Phi) is 4.57. The first kappa shape index (κ1) is 16.3. The molecule has 3 heterocycles. The van der Waals surface area contributed by atoms with Crippen LogP contribution in [0.25, 0.3) is 22.6 Å². The first-order valence-corrected chi connectivity index (χ1v) is 8.71. The number of aryl methyl sites for hydroxylation is 1. The fraction of sp³-hybridized carbons (Fsp3) is 0.421. The van der Waals surface area contributed by atoms with Crippen LogP contribution < -0.4 is 0 Å². The molecular formula is C19H23N3O3. The smallest absolute Gasteiger partial charge is 0.177 e. The Morgan fingerprint density at radius 3 is 2.68 bits per heavy atom. The average Bonchev–Trinajstić information content (AvgIpc) is 3.20. The molecule has 6 heteroatoms. The van der Waals surface area contributed by atoms with E-state index in [0.717, 1.165) is 54.7 Å². The van der Waals surface area contributed by atoms with E-state index >= 15 is 0 Å². The molecule has 1 saturated heterocycles. The molecule has 1 atom stereocenters. The van der Waals surface area contributed by atoms with Crippen molar-refractivity contribution in [1.29, 1.82) is 0 Å². The van der Waals surface area contributed by atoms with Crippen LogP contribution in [-0.4, -0.2) is 58.5 Å². The SMILES string of the molecule is Cc1ccc(-c2nc3ccccc3n2C[C@@H](O)CN2CCOCC2)o1. The molecule has 4 rings (SSSR count). The molecule has 132 valence electrons. The first-order chi connectivity index (χ1) is 12.2. The Morgan fingerprint density at radius 2 is 1.92 bits per heavy atom. The summed E-state index contributed by atoms with van der Waals surface area (Å²) in [4.78, 5) is 6.96. The maximum absolute atomic E-state index is 10.6. The monoisotopic (exact) mass is 341 g/mol. The van der Waals surface area contributed by atoms with Gasteiger partial charge in [0, 0.05) is 19.6 Å². The van der Waals surface area contributed by atoms with Gasteiger partial charge in [-0.05, 0) is 31.2 Å². The number of hydrogen-bond acceptors (Lipinski definition) is 5. The number of benzene rings is 1. The highest BCUT2D eigenvalue weighted by Gasteiger charge is 2.20. The van der Waals surface area contributed by atoms with E-state index in [0.29, 0.717) is 13.1 Å². The van der Waals surface area contributed by atoms with Crippen LogP contribution in [0.4, 0.5) is 0 Å². The van der Waals surface area contributed by atoms with Crippen molar-refractivity contribution in [2.75, 3.05) is 32.8 Å². The lowest BCUT2D eigenvalue weighted by atomic mass is 10.2. The third kappa shape index (κ3) is 3.46. The number of hydrogen-bond donors (Lipinski definition) is 1. The maximum Gasteiger partial charge on any atom is 0.177 e. The van der Waals surface area contributed by atoms with Gasteiger partial charge in [-0.15, -0.1) is 0 Å². The van der Waals surface area contributed by atoms with Gasteiger partial charge < -0.3 is 18.8 Å². The van der Waals surface area contributed by atoms with Crippen LogP contribution in [0.1, 0.15) is 5.76 Å². The summed E-state index contributed by atoms with van der Waals surface area (Å²) in [6, 6.07) is 11.8. The summed E-state index contributed by atoms with van der Waals surface area (Å²) in [5.41, 5.74) is 1.91. The highest BCUT2D eigenvalue weighted by atomic mass is 16.5. The molecule has 2 aromatic heterocycles. The Bertz CT molecular complexity index is 849. The summed E-state index contributed by atoms with van der Waals surface area (Å²) in [6.07, 6.45) is -0.481. The molecule has 0 spiro atoms. The Hall–Kier alpha value is -2.15. The molecule has 0 saturated carbocycles. The number of para-hydroxylation sites is 2. The van der Waals surface area contributed by atoms with Gasteiger partial charge in [0.1, 0.15) is 5.76 Å². The standard InChI is InChI=1S/C19H23N3O3/c1-14-6-7-18(25-14)19-20-16-4-2-3-5-17(16)22(19)13-15(23)12-21-8-10-24-11-9-21/h2-7,15,23H,8-13H2,1H3/t15-/m0/s1. The lowest BCUT2D eigenvalue weighted by molar-refractivity contribution is 0.0118. The highest BCUT2D eigenvalue weighted by molar-refractivity contribution is 5.79. The molecule has 0 radical (unpaired) electrons. The van der Waals surface area contributed by atoms with E-state index < -0.39 is 6.10 Å². The largest absolute Gasteiger partial charge is 0.458 e. The minimum absolute atomic E-state index is 0.479. The summed E-state index contributed by atoms with van der Waals surface area (Å²) >= 11 is 0. The number of nitrogens with zero attached hydrogens (tertiary/aromatic N) is 3. The van der Waals surface area contributed by atoms with Gasteiger partial charge in [0.15, 0.2) is 11.6 Å². The van der Waals surface area contributed by atoms with Crippen molar-refractivity contribution in [3.63, 3.8) is 0 Å². The van der Waals surface area contributed by atoms with Gasteiger partial charge in [-0.3, -0.25) is 4.90 Å². The number of aromatic nitrogens is 2. The van der Waals surface area contributed by atoms with Gasteiger partial charge in [-0.1, -0.05) is 12.1 Å². The van der Waals surface area contributed by atoms with E-state index in [1.807, 2.05) is 43.3 Å². The van der Waals surface area contributed by atoms with Gasteiger partial charge >= 0.3 is 0 Å². The zero-order chi connectivity index (χ0) is 17.2. The predicted molar refractivity (Wildman–Crippen MR) is 95.4 cm³/mol. The number of morpholine rings is 1. The number of ether oxygens (including phenoxy) is 1. The zero-order valence-electron chi connectivity index (χ0n) is 14.4. The van der Waals surface area contributed by atoms with Gasteiger partial charge in [-0.25, -0.2) is 4.98 Å². The second kappa shape index (κ2) is 7.00. The molecular weight excluding hydrogens is 318 g/mol. The number of furan rings is 1. The van der Waals surface area contributed by atoms with Crippen LogP contribution in [-0.2, 0) is 11.3 Å². The predicted octanol–water partition coefficient (Wildman–Crippen LogP) is 2.30. The molecule has 1 aromatic carbocycles. The minimum Gasteiger partial charge on any atom is -0.458 e. The topological polar surface area (TPSA) is 63.7 Å². The molecule has 1 fully saturated rings. The third-order valence-electron chi connectivity index (χ3n) is 4.58. The minimum atomic E-state index is -0.481. The lowest BCUT2D eigenvalue weighted by Gasteiger charge is -2.28. The second-order valence-corrected chi connectivity index (χ2v) is 6.51. The summed E-state index contributed by atoms with van der Waals surface area (Å²) in [6.45, 7) is 6.23. The number of fused-ring (bicyclic) bond motifs is 1. The van der Waals surface area contributed by atoms with Crippen molar-refractivity contribution >= 4 is 11.0 Å².